The molecule has 11 heteroatoms. The molecule has 1 atom stereocenters. The number of aromatic nitrogens is 2. The fraction of sp³-hybridized carbons (Fsp3) is 0.0476. The smallest absolute Gasteiger partial charge is 0.325 e. The van der Waals surface area contributed by atoms with Gasteiger partial charge >= 0.3 is 5.97 Å². The summed E-state index contributed by atoms with van der Waals surface area (Å²) in [7, 11) is -3.80. The Kier molecular flexibility index (Phi) is 5.83. The van der Waals surface area contributed by atoms with Gasteiger partial charge in [-0.3, -0.25) is 9.78 Å². The zero-order valence-corrected chi connectivity index (χ0v) is 18.4. The Morgan fingerprint density at radius 3 is 2.38 bits per heavy atom. The molecule has 8 nitrogen and oxygen atoms in total. The standard InChI is InChI=1S/C21H15Cl2N3O5S/c22-15-7-11(19(24)21(27)28)8-16(23)20(15)31-12-1-2-17-14(9-12)18(10-26-17)32(29,30)13-3-5-25-6-4-13/h1-10,19,26H,24H2,(H,27,28). The van der Waals surface area contributed by atoms with Gasteiger partial charge in [-0.25, -0.2) is 8.42 Å². The van der Waals surface area contributed by atoms with Gasteiger partial charge in [0.2, 0.25) is 9.84 Å². The van der Waals surface area contributed by atoms with Gasteiger partial charge in [0.25, 0.3) is 0 Å². The lowest BCUT2D eigenvalue weighted by atomic mass is 10.1. The summed E-state index contributed by atoms with van der Waals surface area (Å²) in [5.41, 5.74) is 6.41. The number of sulfone groups is 1. The largest absolute Gasteiger partial charge is 0.480 e. The average molecular weight is 492 g/mol. The Bertz CT molecular complexity index is 1420. The number of nitrogens with zero attached hydrogens (tertiary/aromatic N) is 1. The SMILES string of the molecule is NC(C(=O)O)c1cc(Cl)c(Oc2ccc3[nH]cc(S(=O)(=O)c4ccncc4)c3c2)c(Cl)c1. The molecule has 4 aromatic rings. The van der Waals surface area contributed by atoms with Crippen molar-refractivity contribution in [3.8, 4) is 11.5 Å². The molecule has 0 saturated heterocycles. The highest BCUT2D eigenvalue weighted by molar-refractivity contribution is 7.91. The third-order valence-electron chi connectivity index (χ3n) is 4.73. The Morgan fingerprint density at radius 1 is 1.09 bits per heavy atom. The van der Waals surface area contributed by atoms with Gasteiger partial charge in [0.1, 0.15) is 11.8 Å². The van der Waals surface area contributed by atoms with Crippen LogP contribution >= 0.6 is 23.2 Å². The second kappa shape index (κ2) is 8.44. The molecule has 4 rings (SSSR count). The van der Waals surface area contributed by atoms with E-state index in [1.54, 1.807) is 18.2 Å². The van der Waals surface area contributed by atoms with E-state index in [4.69, 9.17) is 38.8 Å². The van der Waals surface area contributed by atoms with E-state index in [1.807, 2.05) is 0 Å². The van der Waals surface area contributed by atoms with Crippen molar-refractivity contribution < 1.29 is 23.1 Å². The fourth-order valence-electron chi connectivity index (χ4n) is 3.12. The highest BCUT2D eigenvalue weighted by Crippen LogP contribution is 2.40. The zero-order valence-electron chi connectivity index (χ0n) is 16.1. The van der Waals surface area contributed by atoms with Crippen LogP contribution in [0.15, 0.2) is 70.8 Å². The van der Waals surface area contributed by atoms with E-state index >= 15 is 0 Å². The summed E-state index contributed by atoms with van der Waals surface area (Å²) in [5, 5.41) is 9.61. The first kappa shape index (κ1) is 22.1. The number of carbonyl (C=O) groups is 1. The van der Waals surface area contributed by atoms with Crippen LogP contribution in [-0.4, -0.2) is 29.5 Å². The molecule has 4 N–H and O–H groups in total. The van der Waals surface area contributed by atoms with E-state index in [1.165, 1.54) is 42.9 Å². The summed E-state index contributed by atoms with van der Waals surface area (Å²) in [4.78, 5) is 18.1. The third kappa shape index (κ3) is 4.03. The Morgan fingerprint density at radius 2 is 1.75 bits per heavy atom. The number of H-pyrrole nitrogens is 1. The van der Waals surface area contributed by atoms with Gasteiger partial charge in [-0.15, -0.1) is 0 Å². The summed E-state index contributed by atoms with van der Waals surface area (Å²) in [6.45, 7) is 0. The first-order valence-corrected chi connectivity index (χ1v) is 11.3. The van der Waals surface area contributed by atoms with Gasteiger partial charge in [0, 0.05) is 29.5 Å². The minimum atomic E-state index is -3.80. The lowest BCUT2D eigenvalue weighted by Crippen LogP contribution is -2.20. The molecule has 0 radical (unpaired) electrons. The van der Waals surface area contributed by atoms with Gasteiger partial charge in [-0.1, -0.05) is 23.2 Å². The quantitative estimate of drug-likeness (QED) is 0.359. The van der Waals surface area contributed by atoms with Crippen molar-refractivity contribution in [1.29, 1.82) is 0 Å². The fourth-order valence-corrected chi connectivity index (χ4v) is 5.11. The lowest BCUT2D eigenvalue weighted by Gasteiger charge is -2.13. The molecule has 0 amide bonds. The number of hydrogen-bond donors (Lipinski definition) is 3. The van der Waals surface area contributed by atoms with E-state index in [9.17, 15) is 13.2 Å². The number of aliphatic carboxylic acids is 1. The van der Waals surface area contributed by atoms with Crippen molar-refractivity contribution in [2.75, 3.05) is 0 Å². The van der Waals surface area contributed by atoms with Crippen LogP contribution in [0.3, 0.4) is 0 Å². The summed E-state index contributed by atoms with van der Waals surface area (Å²) in [6, 6.07) is 9.07. The van der Waals surface area contributed by atoms with Crippen LogP contribution < -0.4 is 10.5 Å². The molecule has 2 aromatic heterocycles. The van der Waals surface area contributed by atoms with Crippen molar-refractivity contribution in [3.05, 3.63) is 76.7 Å². The van der Waals surface area contributed by atoms with Gasteiger partial charge in [0.05, 0.1) is 19.8 Å². The lowest BCUT2D eigenvalue weighted by molar-refractivity contribution is -0.138. The van der Waals surface area contributed by atoms with Crippen LogP contribution in [0.25, 0.3) is 10.9 Å². The van der Waals surface area contributed by atoms with Crippen LogP contribution in [-0.2, 0) is 14.6 Å². The topological polar surface area (TPSA) is 135 Å². The minimum absolute atomic E-state index is 0.0583. The van der Waals surface area contributed by atoms with Gasteiger partial charge in [-0.2, -0.15) is 0 Å². The minimum Gasteiger partial charge on any atom is -0.480 e. The number of fused-ring (bicyclic) bond motifs is 1. The monoisotopic (exact) mass is 491 g/mol. The maximum Gasteiger partial charge on any atom is 0.325 e. The predicted molar refractivity (Wildman–Crippen MR) is 119 cm³/mol. The third-order valence-corrected chi connectivity index (χ3v) is 7.10. The maximum absolute atomic E-state index is 13.1. The molecule has 0 aliphatic heterocycles. The van der Waals surface area contributed by atoms with Gasteiger partial charge < -0.3 is 20.6 Å². The molecule has 164 valence electrons. The van der Waals surface area contributed by atoms with Crippen LogP contribution in [0.4, 0.5) is 0 Å². The summed E-state index contributed by atoms with van der Waals surface area (Å²) in [5.74, 6) is -0.864. The second-order valence-corrected chi connectivity index (χ2v) is 9.51. The van der Waals surface area contributed by atoms with Crippen molar-refractivity contribution in [1.82, 2.24) is 9.97 Å². The molecule has 0 bridgehead atoms. The van der Waals surface area contributed by atoms with Crippen molar-refractivity contribution in [2.24, 2.45) is 5.73 Å². The Hall–Kier alpha value is -3.11. The predicted octanol–water partition coefficient (Wildman–Crippen LogP) is 4.58. The number of hydrogen-bond acceptors (Lipinski definition) is 6. The zero-order chi connectivity index (χ0) is 23.0. The summed E-state index contributed by atoms with van der Waals surface area (Å²) < 4.78 is 31.9. The molecule has 0 spiro atoms. The van der Waals surface area contributed by atoms with Crippen molar-refractivity contribution >= 4 is 49.9 Å². The van der Waals surface area contributed by atoms with E-state index in [0.29, 0.717) is 10.9 Å². The molecule has 2 aromatic carbocycles. The van der Waals surface area contributed by atoms with Crippen LogP contribution in [0.5, 0.6) is 11.5 Å². The van der Waals surface area contributed by atoms with Crippen molar-refractivity contribution in [2.45, 2.75) is 15.8 Å². The summed E-state index contributed by atoms with van der Waals surface area (Å²) in [6.07, 6.45) is 4.21. The number of nitrogens with two attached hydrogens (primary N) is 1. The first-order valence-electron chi connectivity index (χ1n) is 9.10. The van der Waals surface area contributed by atoms with Crippen LogP contribution in [0.1, 0.15) is 11.6 Å². The molecule has 0 aliphatic rings. The number of nitrogens with one attached hydrogen (secondary N) is 1. The first-order chi connectivity index (χ1) is 15.2. The number of benzene rings is 2. The van der Waals surface area contributed by atoms with Crippen LogP contribution in [0, 0.1) is 0 Å². The number of rotatable bonds is 6. The highest BCUT2D eigenvalue weighted by Gasteiger charge is 2.23. The molecule has 0 aliphatic carbocycles. The molecule has 2 heterocycles. The number of carboxylic acids is 1. The molecule has 32 heavy (non-hydrogen) atoms. The molecule has 0 saturated carbocycles. The van der Waals surface area contributed by atoms with E-state index < -0.39 is 21.8 Å². The van der Waals surface area contributed by atoms with E-state index in [2.05, 4.69) is 9.97 Å². The summed E-state index contributed by atoms with van der Waals surface area (Å²) >= 11 is 12.5. The molecule has 1 unspecified atom stereocenters. The number of carboxylic acid groups (broad SMARTS) is 1. The maximum atomic E-state index is 13.1. The van der Waals surface area contributed by atoms with Gasteiger partial charge in [0.15, 0.2) is 5.75 Å². The number of aromatic amines is 1. The molecular weight excluding hydrogens is 477 g/mol. The Labute approximate surface area is 192 Å². The Balaban J connectivity index is 1.73. The molecular formula is C21H15Cl2N3O5S. The number of pyridine rings is 1. The molecule has 0 fully saturated rings. The number of ether oxygens (including phenoxy) is 1. The average Bonchev–Trinajstić information content (AvgIpc) is 3.20. The normalized spacial score (nSPS) is 12.6. The van der Waals surface area contributed by atoms with E-state index in [0.717, 1.165) is 0 Å². The van der Waals surface area contributed by atoms with Crippen LogP contribution in [0.2, 0.25) is 10.0 Å². The number of halogens is 2. The van der Waals surface area contributed by atoms with Crippen molar-refractivity contribution in [3.63, 3.8) is 0 Å². The second-order valence-electron chi connectivity index (χ2n) is 6.78. The van der Waals surface area contributed by atoms with E-state index in [-0.39, 0.29) is 36.9 Å². The van der Waals surface area contributed by atoms with Gasteiger partial charge in [-0.05, 0) is 48.0 Å². The highest BCUT2D eigenvalue weighted by atomic mass is 35.5.